The Balaban J connectivity index is 1.70. The molecule has 1 aromatic carbocycles. The van der Waals surface area contributed by atoms with Crippen LogP contribution < -0.4 is 10.1 Å². The fourth-order valence-corrected chi connectivity index (χ4v) is 4.33. The average molecular weight is 351 g/mol. The molecule has 3 rings (SSSR count). The zero-order chi connectivity index (χ0) is 17.8. The zero-order valence-corrected chi connectivity index (χ0v) is 14.7. The largest absolute Gasteiger partial charge is 0.482 e. The van der Waals surface area contributed by atoms with Gasteiger partial charge in [0, 0.05) is 4.88 Å². The minimum Gasteiger partial charge on any atom is -0.482 e. The monoisotopic (exact) mass is 351 g/mol. The minimum atomic E-state index is -0.337. The summed E-state index contributed by atoms with van der Waals surface area (Å²) < 4.78 is 5.44. The van der Waals surface area contributed by atoms with Crippen molar-refractivity contribution < 1.29 is 9.53 Å². The number of rotatable bonds is 4. The van der Waals surface area contributed by atoms with E-state index < -0.39 is 0 Å². The molecule has 1 aromatic heterocycles. The van der Waals surface area contributed by atoms with E-state index in [2.05, 4.69) is 18.3 Å². The summed E-state index contributed by atoms with van der Waals surface area (Å²) in [5.41, 5.74) is 2.04. The molecule has 1 aliphatic rings. The number of thiophene rings is 1. The first kappa shape index (κ1) is 17.0. The van der Waals surface area contributed by atoms with Gasteiger partial charge < -0.3 is 10.1 Å². The second kappa shape index (κ2) is 7.38. The number of carbonyl (C=O) groups is 1. The number of benzene rings is 1. The second-order valence-corrected chi connectivity index (χ2v) is 7.22. The molecule has 0 spiro atoms. The molecule has 0 radical (unpaired) electrons. The van der Waals surface area contributed by atoms with E-state index in [-0.39, 0.29) is 12.5 Å². The van der Waals surface area contributed by atoms with Crippen LogP contribution in [0.5, 0.6) is 5.75 Å². The summed E-state index contributed by atoms with van der Waals surface area (Å²) in [5, 5.41) is 21.9. The number of para-hydroxylation sites is 1. The number of fused-ring (bicyclic) bond motifs is 1. The van der Waals surface area contributed by atoms with Crippen LogP contribution in [0.2, 0.25) is 0 Å². The third kappa shape index (κ3) is 3.65. The lowest BCUT2D eigenvalue weighted by atomic mass is 9.89. The first-order valence-electron chi connectivity index (χ1n) is 8.08. The van der Waals surface area contributed by atoms with Crippen molar-refractivity contribution in [3.63, 3.8) is 0 Å². The Morgan fingerprint density at radius 2 is 2.16 bits per heavy atom. The molecule has 126 valence electrons. The number of amides is 1. The van der Waals surface area contributed by atoms with Crippen LogP contribution in [-0.2, 0) is 17.6 Å². The normalized spacial score (nSPS) is 15.6. The second-order valence-electron chi connectivity index (χ2n) is 6.11. The third-order valence-corrected chi connectivity index (χ3v) is 5.41. The molecule has 0 fully saturated rings. The molecule has 0 aliphatic heterocycles. The van der Waals surface area contributed by atoms with E-state index in [1.54, 1.807) is 24.3 Å². The van der Waals surface area contributed by atoms with Gasteiger partial charge in [-0.05, 0) is 42.9 Å². The Morgan fingerprint density at radius 3 is 2.92 bits per heavy atom. The van der Waals surface area contributed by atoms with Crippen molar-refractivity contribution in [1.29, 1.82) is 10.5 Å². The van der Waals surface area contributed by atoms with E-state index in [1.807, 2.05) is 6.07 Å². The van der Waals surface area contributed by atoms with Gasteiger partial charge in [-0.15, -0.1) is 11.3 Å². The number of hydrogen-bond acceptors (Lipinski definition) is 5. The van der Waals surface area contributed by atoms with E-state index in [9.17, 15) is 10.1 Å². The number of hydrogen-bond donors (Lipinski definition) is 1. The molecule has 0 saturated carbocycles. The number of nitrogens with one attached hydrogen (secondary N) is 1. The lowest BCUT2D eigenvalue weighted by Gasteiger charge is -2.17. The van der Waals surface area contributed by atoms with E-state index in [1.165, 1.54) is 16.2 Å². The highest BCUT2D eigenvalue weighted by Gasteiger charge is 2.24. The number of carbonyl (C=O) groups excluding carboxylic acids is 1. The zero-order valence-electron chi connectivity index (χ0n) is 13.8. The molecule has 1 aliphatic carbocycles. The van der Waals surface area contributed by atoms with Gasteiger partial charge >= 0.3 is 0 Å². The molecule has 2 aromatic rings. The molecule has 0 bridgehead atoms. The predicted octanol–water partition coefficient (Wildman–Crippen LogP) is 3.63. The van der Waals surface area contributed by atoms with Gasteiger partial charge in [0.15, 0.2) is 6.61 Å². The van der Waals surface area contributed by atoms with Gasteiger partial charge in [0.25, 0.3) is 5.91 Å². The lowest BCUT2D eigenvalue weighted by Crippen LogP contribution is -2.20. The first-order chi connectivity index (χ1) is 12.1. The maximum atomic E-state index is 12.2. The highest BCUT2D eigenvalue weighted by Crippen LogP contribution is 2.39. The molecule has 1 N–H and O–H groups in total. The van der Waals surface area contributed by atoms with Crippen molar-refractivity contribution in [2.75, 3.05) is 11.9 Å². The molecular weight excluding hydrogens is 334 g/mol. The third-order valence-electron chi connectivity index (χ3n) is 4.24. The van der Waals surface area contributed by atoms with Gasteiger partial charge in [-0.25, -0.2) is 0 Å². The van der Waals surface area contributed by atoms with Crippen LogP contribution >= 0.6 is 11.3 Å². The van der Waals surface area contributed by atoms with Gasteiger partial charge in [-0.3, -0.25) is 4.79 Å². The number of anilines is 1. The Labute approximate surface area is 150 Å². The maximum Gasteiger partial charge on any atom is 0.262 e. The topological polar surface area (TPSA) is 85.9 Å². The van der Waals surface area contributed by atoms with Crippen LogP contribution in [0.3, 0.4) is 0 Å². The fraction of sp³-hybridized carbons (Fsp3) is 0.316. The van der Waals surface area contributed by atoms with E-state index in [4.69, 9.17) is 10.00 Å². The van der Waals surface area contributed by atoms with Gasteiger partial charge in [0.05, 0.1) is 11.1 Å². The molecule has 5 nitrogen and oxygen atoms in total. The summed E-state index contributed by atoms with van der Waals surface area (Å²) in [5.74, 6) is 0.642. The van der Waals surface area contributed by atoms with Crippen LogP contribution in [0.4, 0.5) is 5.00 Å². The Bertz CT molecular complexity index is 889. The van der Waals surface area contributed by atoms with Crippen molar-refractivity contribution in [1.82, 2.24) is 0 Å². The minimum absolute atomic E-state index is 0.206. The maximum absolute atomic E-state index is 12.2. The molecule has 6 heteroatoms. The standard InChI is InChI=1S/C19H17N3O2S/c1-12-6-7-14-15(10-21)19(25-17(14)8-12)22-18(23)11-24-16-5-3-2-4-13(16)9-20/h2-5,12H,6-8,11H2,1H3,(H,22,23). The molecular formula is C19H17N3O2S. The van der Waals surface area contributed by atoms with Crippen molar-refractivity contribution in [2.45, 2.75) is 26.2 Å². The van der Waals surface area contributed by atoms with Crippen LogP contribution in [0.15, 0.2) is 24.3 Å². The lowest BCUT2D eigenvalue weighted by molar-refractivity contribution is -0.118. The fourth-order valence-electron chi connectivity index (χ4n) is 2.95. The van der Waals surface area contributed by atoms with Crippen LogP contribution in [-0.4, -0.2) is 12.5 Å². The summed E-state index contributed by atoms with van der Waals surface area (Å²) >= 11 is 1.49. The Kier molecular flexibility index (Phi) is 5.02. The molecule has 1 unspecified atom stereocenters. The van der Waals surface area contributed by atoms with Crippen molar-refractivity contribution in [3.8, 4) is 17.9 Å². The highest BCUT2D eigenvalue weighted by atomic mass is 32.1. The summed E-state index contributed by atoms with van der Waals surface area (Å²) in [6.45, 7) is 2.00. The van der Waals surface area contributed by atoms with E-state index in [0.29, 0.717) is 27.8 Å². The Hall–Kier alpha value is -2.83. The highest BCUT2D eigenvalue weighted by molar-refractivity contribution is 7.16. The number of nitriles is 2. The average Bonchev–Trinajstić information content (AvgIpc) is 2.95. The smallest absolute Gasteiger partial charge is 0.262 e. The molecule has 25 heavy (non-hydrogen) atoms. The van der Waals surface area contributed by atoms with Crippen LogP contribution in [0.1, 0.15) is 34.9 Å². The van der Waals surface area contributed by atoms with Crippen molar-refractivity contribution in [3.05, 3.63) is 45.8 Å². The number of nitrogens with zero attached hydrogens (tertiary/aromatic N) is 2. The Morgan fingerprint density at radius 1 is 1.36 bits per heavy atom. The molecule has 1 heterocycles. The summed E-state index contributed by atoms with van der Waals surface area (Å²) in [4.78, 5) is 13.4. The predicted molar refractivity (Wildman–Crippen MR) is 95.5 cm³/mol. The SMILES string of the molecule is CC1CCc2c(sc(NC(=O)COc3ccccc3C#N)c2C#N)C1. The summed E-state index contributed by atoms with van der Waals surface area (Å²) in [7, 11) is 0. The van der Waals surface area contributed by atoms with Crippen LogP contribution in [0.25, 0.3) is 0 Å². The van der Waals surface area contributed by atoms with Crippen molar-refractivity contribution >= 4 is 22.2 Å². The molecule has 1 atom stereocenters. The molecule has 0 saturated heterocycles. The summed E-state index contributed by atoms with van der Waals surface area (Å²) in [6, 6.07) is 11.0. The first-order valence-corrected chi connectivity index (χ1v) is 8.90. The molecule has 1 amide bonds. The van der Waals surface area contributed by atoms with E-state index in [0.717, 1.165) is 24.8 Å². The van der Waals surface area contributed by atoms with Gasteiger partial charge in [-0.2, -0.15) is 10.5 Å². The van der Waals surface area contributed by atoms with E-state index >= 15 is 0 Å². The quantitative estimate of drug-likeness (QED) is 0.911. The number of ether oxygens (including phenoxy) is 1. The summed E-state index contributed by atoms with van der Waals surface area (Å²) in [6.07, 6.45) is 2.91. The van der Waals surface area contributed by atoms with Gasteiger partial charge in [0.1, 0.15) is 22.9 Å². The van der Waals surface area contributed by atoms with Gasteiger partial charge in [0.2, 0.25) is 0 Å². The van der Waals surface area contributed by atoms with Crippen LogP contribution in [0, 0.1) is 28.6 Å². The van der Waals surface area contributed by atoms with Gasteiger partial charge in [-0.1, -0.05) is 19.1 Å². The van der Waals surface area contributed by atoms with Crippen molar-refractivity contribution in [2.24, 2.45) is 5.92 Å².